The Balaban J connectivity index is 2.12. The van der Waals surface area contributed by atoms with Crippen molar-refractivity contribution in [3.8, 4) is 5.75 Å². The zero-order valence-electron chi connectivity index (χ0n) is 11.6. The van der Waals surface area contributed by atoms with Crippen molar-refractivity contribution >= 4 is 11.6 Å². The van der Waals surface area contributed by atoms with Gasteiger partial charge in [-0.3, -0.25) is 4.79 Å². The number of ether oxygens (including phenoxy) is 2. The minimum absolute atomic E-state index is 0.0753. The van der Waals surface area contributed by atoms with Gasteiger partial charge in [0.15, 0.2) is 0 Å². The van der Waals surface area contributed by atoms with Gasteiger partial charge in [0.1, 0.15) is 11.8 Å². The number of hydrogen-bond donors (Lipinski definition) is 2. The van der Waals surface area contributed by atoms with Gasteiger partial charge in [-0.15, -0.1) is 0 Å². The van der Waals surface area contributed by atoms with Crippen molar-refractivity contribution in [2.45, 2.75) is 19.9 Å². The van der Waals surface area contributed by atoms with E-state index in [1.807, 2.05) is 26.0 Å². The topological polar surface area (TPSA) is 59.6 Å². The maximum atomic E-state index is 12.1. The van der Waals surface area contributed by atoms with Gasteiger partial charge in [0.2, 0.25) is 5.91 Å². The molecule has 0 aromatic heterocycles. The van der Waals surface area contributed by atoms with Gasteiger partial charge in [-0.2, -0.15) is 0 Å². The minimum atomic E-state index is -0.291. The van der Waals surface area contributed by atoms with E-state index in [9.17, 15) is 4.79 Å². The quantitative estimate of drug-likeness (QED) is 0.862. The number of methoxy groups -OCH3 is 1. The summed E-state index contributed by atoms with van der Waals surface area (Å²) >= 11 is 0. The largest absolute Gasteiger partial charge is 0.496 e. The Morgan fingerprint density at radius 1 is 1.47 bits per heavy atom. The van der Waals surface area contributed by atoms with Gasteiger partial charge in [-0.25, -0.2) is 0 Å². The average Bonchev–Trinajstić information content (AvgIpc) is 2.43. The van der Waals surface area contributed by atoms with E-state index >= 15 is 0 Å². The molecular weight excluding hydrogens is 244 g/mol. The van der Waals surface area contributed by atoms with Crippen molar-refractivity contribution in [2.75, 3.05) is 32.2 Å². The third-order valence-corrected chi connectivity index (χ3v) is 3.30. The summed E-state index contributed by atoms with van der Waals surface area (Å²) in [4.78, 5) is 12.1. The fraction of sp³-hybridized carbons (Fsp3) is 0.500. The first-order valence-corrected chi connectivity index (χ1v) is 6.39. The van der Waals surface area contributed by atoms with Gasteiger partial charge in [-0.1, -0.05) is 6.07 Å². The first kappa shape index (κ1) is 13.8. The molecule has 1 unspecified atom stereocenters. The number of anilines is 1. The highest BCUT2D eigenvalue weighted by molar-refractivity contribution is 5.96. The SMILES string of the molecule is COc1c(C)ccc(NC(=O)C2COCCN2)c1C. The number of nitrogens with one attached hydrogen (secondary N) is 2. The molecule has 1 aliphatic rings. The van der Waals surface area contributed by atoms with Crippen LogP contribution in [0.3, 0.4) is 0 Å². The number of benzene rings is 1. The second-order valence-corrected chi connectivity index (χ2v) is 4.66. The molecule has 0 radical (unpaired) electrons. The van der Waals surface area contributed by atoms with E-state index in [1.165, 1.54) is 0 Å². The maximum absolute atomic E-state index is 12.1. The second kappa shape index (κ2) is 6.04. The third-order valence-electron chi connectivity index (χ3n) is 3.30. The Kier molecular flexibility index (Phi) is 4.39. The standard InChI is InChI=1S/C14H20N2O3/c1-9-4-5-11(10(2)13(9)18-3)16-14(17)12-8-19-7-6-15-12/h4-5,12,15H,6-8H2,1-3H3,(H,16,17). The minimum Gasteiger partial charge on any atom is -0.496 e. The summed E-state index contributed by atoms with van der Waals surface area (Å²) < 4.78 is 10.6. The van der Waals surface area contributed by atoms with Crippen LogP contribution >= 0.6 is 0 Å². The van der Waals surface area contributed by atoms with Crippen molar-refractivity contribution in [2.24, 2.45) is 0 Å². The van der Waals surface area contributed by atoms with Gasteiger partial charge < -0.3 is 20.1 Å². The molecule has 1 fully saturated rings. The highest BCUT2D eigenvalue weighted by atomic mass is 16.5. The number of rotatable bonds is 3. The van der Waals surface area contributed by atoms with Crippen molar-refractivity contribution in [3.05, 3.63) is 23.3 Å². The van der Waals surface area contributed by atoms with Gasteiger partial charge in [-0.05, 0) is 25.5 Å². The molecule has 1 atom stereocenters. The van der Waals surface area contributed by atoms with Gasteiger partial charge >= 0.3 is 0 Å². The molecule has 104 valence electrons. The molecule has 1 amide bonds. The lowest BCUT2D eigenvalue weighted by Gasteiger charge is -2.23. The molecule has 1 aromatic rings. The number of aryl methyl sites for hydroxylation is 1. The van der Waals surface area contributed by atoms with Gasteiger partial charge in [0.05, 0.1) is 20.3 Å². The second-order valence-electron chi connectivity index (χ2n) is 4.66. The normalized spacial score (nSPS) is 19.0. The van der Waals surface area contributed by atoms with Crippen LogP contribution < -0.4 is 15.4 Å². The molecule has 1 aromatic carbocycles. The molecule has 5 heteroatoms. The highest BCUT2D eigenvalue weighted by Gasteiger charge is 2.22. The summed E-state index contributed by atoms with van der Waals surface area (Å²) in [5.41, 5.74) is 2.77. The molecule has 0 aliphatic carbocycles. The predicted molar refractivity (Wildman–Crippen MR) is 73.7 cm³/mol. The molecule has 0 spiro atoms. The fourth-order valence-corrected chi connectivity index (χ4v) is 2.23. The van der Waals surface area contributed by atoms with Crippen LogP contribution in [0.5, 0.6) is 5.75 Å². The summed E-state index contributed by atoms with van der Waals surface area (Å²) in [6, 6.07) is 3.54. The van der Waals surface area contributed by atoms with E-state index < -0.39 is 0 Å². The molecule has 1 aliphatic heterocycles. The van der Waals surface area contributed by atoms with Crippen LogP contribution in [0, 0.1) is 13.8 Å². The molecular formula is C14H20N2O3. The van der Waals surface area contributed by atoms with Crippen LogP contribution in [-0.4, -0.2) is 38.8 Å². The first-order chi connectivity index (χ1) is 9.13. The monoisotopic (exact) mass is 264 g/mol. The predicted octanol–water partition coefficient (Wildman–Crippen LogP) is 1.24. The molecule has 5 nitrogen and oxygen atoms in total. The number of carbonyl (C=O) groups excluding carboxylic acids is 1. The lowest BCUT2D eigenvalue weighted by Crippen LogP contribution is -2.48. The third kappa shape index (κ3) is 3.05. The summed E-state index contributed by atoms with van der Waals surface area (Å²) in [5.74, 6) is 0.736. The van der Waals surface area contributed by atoms with E-state index in [4.69, 9.17) is 9.47 Å². The Morgan fingerprint density at radius 3 is 2.89 bits per heavy atom. The fourth-order valence-electron chi connectivity index (χ4n) is 2.23. The summed E-state index contributed by atoms with van der Waals surface area (Å²) in [6.07, 6.45) is 0. The van der Waals surface area contributed by atoms with Crippen molar-refractivity contribution in [3.63, 3.8) is 0 Å². The number of carbonyl (C=O) groups is 1. The van der Waals surface area contributed by atoms with Gasteiger partial charge in [0.25, 0.3) is 0 Å². The molecule has 2 rings (SSSR count). The lowest BCUT2D eigenvalue weighted by atomic mass is 10.1. The lowest BCUT2D eigenvalue weighted by molar-refractivity contribution is -0.120. The van der Waals surface area contributed by atoms with Crippen LogP contribution in [0.4, 0.5) is 5.69 Å². The van der Waals surface area contributed by atoms with Crippen LogP contribution in [0.1, 0.15) is 11.1 Å². The van der Waals surface area contributed by atoms with Crippen molar-refractivity contribution in [1.82, 2.24) is 5.32 Å². The average molecular weight is 264 g/mol. The van der Waals surface area contributed by atoms with Crippen LogP contribution in [-0.2, 0) is 9.53 Å². The Labute approximate surface area is 113 Å². The Bertz CT molecular complexity index is 468. The molecule has 2 N–H and O–H groups in total. The van der Waals surface area contributed by atoms with E-state index in [-0.39, 0.29) is 11.9 Å². The zero-order chi connectivity index (χ0) is 13.8. The smallest absolute Gasteiger partial charge is 0.243 e. The summed E-state index contributed by atoms with van der Waals surface area (Å²) in [5, 5.41) is 6.05. The molecule has 1 saturated heterocycles. The van der Waals surface area contributed by atoms with Crippen molar-refractivity contribution in [1.29, 1.82) is 0 Å². The number of amides is 1. The number of morpholine rings is 1. The summed E-state index contributed by atoms with van der Waals surface area (Å²) in [6.45, 7) is 5.68. The van der Waals surface area contributed by atoms with E-state index in [1.54, 1.807) is 7.11 Å². The van der Waals surface area contributed by atoms with Gasteiger partial charge in [0, 0.05) is 17.8 Å². The van der Waals surface area contributed by atoms with Crippen molar-refractivity contribution < 1.29 is 14.3 Å². The Morgan fingerprint density at radius 2 is 2.26 bits per heavy atom. The van der Waals surface area contributed by atoms with E-state index in [0.717, 1.165) is 22.6 Å². The van der Waals surface area contributed by atoms with Crippen LogP contribution in [0.2, 0.25) is 0 Å². The van der Waals surface area contributed by atoms with E-state index in [2.05, 4.69) is 10.6 Å². The summed E-state index contributed by atoms with van der Waals surface area (Å²) in [7, 11) is 1.64. The number of hydrogen-bond acceptors (Lipinski definition) is 4. The van der Waals surface area contributed by atoms with Crippen LogP contribution in [0.15, 0.2) is 12.1 Å². The molecule has 19 heavy (non-hydrogen) atoms. The molecule has 0 bridgehead atoms. The maximum Gasteiger partial charge on any atom is 0.243 e. The molecule has 1 heterocycles. The molecule has 0 saturated carbocycles. The van der Waals surface area contributed by atoms with E-state index in [0.29, 0.717) is 19.8 Å². The zero-order valence-corrected chi connectivity index (χ0v) is 11.6. The first-order valence-electron chi connectivity index (χ1n) is 6.39. The Hall–Kier alpha value is -1.59. The highest BCUT2D eigenvalue weighted by Crippen LogP contribution is 2.29. The van der Waals surface area contributed by atoms with Crippen LogP contribution in [0.25, 0.3) is 0 Å².